The minimum Gasteiger partial charge on any atom is -0.469 e. The molecule has 2 atom stereocenters. The maximum Gasteiger partial charge on any atom is 0.314 e. The van der Waals surface area contributed by atoms with Crippen LogP contribution >= 0.6 is 27.5 Å². The second kappa shape index (κ2) is 4.10. The fourth-order valence-corrected chi connectivity index (χ4v) is 1.69. The summed E-state index contributed by atoms with van der Waals surface area (Å²) in [5.41, 5.74) is 0. The van der Waals surface area contributed by atoms with Crippen LogP contribution in [0.25, 0.3) is 0 Å². The molecule has 0 saturated heterocycles. The molecule has 0 amide bonds. The second-order valence-electron chi connectivity index (χ2n) is 2.40. The molecule has 0 aromatic rings. The molecule has 0 N–H and O–H groups in total. The quantitative estimate of drug-likeness (QED) is 0.528. The third kappa shape index (κ3) is 2.11. The van der Waals surface area contributed by atoms with Gasteiger partial charge in [0.1, 0.15) is 0 Å². The molecule has 1 aliphatic rings. The van der Waals surface area contributed by atoms with E-state index in [1.807, 2.05) is 6.08 Å². The zero-order valence-electron chi connectivity index (χ0n) is 6.46. The molecule has 2 unspecified atom stereocenters. The van der Waals surface area contributed by atoms with Crippen LogP contribution in [0.5, 0.6) is 0 Å². The van der Waals surface area contributed by atoms with E-state index >= 15 is 0 Å². The summed E-state index contributed by atoms with van der Waals surface area (Å²) in [4.78, 5) is 11.1. The van der Waals surface area contributed by atoms with Gasteiger partial charge in [0.15, 0.2) is 0 Å². The fraction of sp³-hybridized carbons (Fsp3) is 0.375. The number of alkyl halides is 1. The molecule has 0 heterocycles. The number of carbonyl (C=O) groups excluding carboxylic acids is 1. The van der Waals surface area contributed by atoms with E-state index in [-0.39, 0.29) is 16.7 Å². The van der Waals surface area contributed by atoms with Crippen LogP contribution in [0.3, 0.4) is 0 Å². The number of rotatable bonds is 1. The Bertz CT molecular complexity index is 247. The highest BCUT2D eigenvalue weighted by molar-refractivity contribution is 9.09. The predicted octanol–water partition coefficient (Wildman–Crippen LogP) is 2.23. The van der Waals surface area contributed by atoms with E-state index in [9.17, 15) is 4.79 Å². The van der Waals surface area contributed by atoms with Crippen LogP contribution in [0.4, 0.5) is 0 Å². The summed E-state index contributed by atoms with van der Waals surface area (Å²) >= 11 is 9.06. The number of methoxy groups -OCH3 is 1. The van der Waals surface area contributed by atoms with Crippen molar-refractivity contribution in [1.82, 2.24) is 0 Å². The van der Waals surface area contributed by atoms with Crippen molar-refractivity contribution in [1.29, 1.82) is 0 Å². The van der Waals surface area contributed by atoms with Crippen LogP contribution in [-0.2, 0) is 9.53 Å². The van der Waals surface area contributed by atoms with Crippen LogP contribution in [0, 0.1) is 5.92 Å². The molecule has 0 spiro atoms. The highest BCUT2D eigenvalue weighted by Gasteiger charge is 2.25. The highest BCUT2D eigenvalue weighted by atomic mass is 79.9. The van der Waals surface area contributed by atoms with Gasteiger partial charge in [-0.1, -0.05) is 39.7 Å². The fourth-order valence-electron chi connectivity index (χ4n) is 0.957. The minimum absolute atomic E-state index is 0.0209. The van der Waals surface area contributed by atoms with Crippen molar-refractivity contribution < 1.29 is 9.53 Å². The van der Waals surface area contributed by atoms with E-state index in [1.54, 1.807) is 12.2 Å². The van der Waals surface area contributed by atoms with Crippen LogP contribution in [0.1, 0.15) is 0 Å². The van der Waals surface area contributed by atoms with Crippen molar-refractivity contribution in [2.45, 2.75) is 4.83 Å². The lowest BCUT2D eigenvalue weighted by Gasteiger charge is -2.17. The van der Waals surface area contributed by atoms with E-state index < -0.39 is 0 Å². The Kier molecular flexibility index (Phi) is 3.35. The average Bonchev–Trinajstić information content (AvgIpc) is 2.08. The maximum atomic E-state index is 11.1. The number of hydrogen-bond donors (Lipinski definition) is 0. The van der Waals surface area contributed by atoms with Gasteiger partial charge in [-0.05, 0) is 6.08 Å². The number of ether oxygens (including phenoxy) is 1. The first-order valence-electron chi connectivity index (χ1n) is 3.42. The standard InChI is InChI=1S/C8H8BrClO2/c1-12-8(11)6-4-5(10)2-3-7(6)9/h2-4,6-7H,1H3. The van der Waals surface area contributed by atoms with Gasteiger partial charge in [0, 0.05) is 9.86 Å². The third-order valence-corrected chi connectivity index (χ3v) is 2.72. The van der Waals surface area contributed by atoms with E-state index in [1.165, 1.54) is 7.11 Å². The van der Waals surface area contributed by atoms with Gasteiger partial charge in [-0.3, -0.25) is 4.79 Å². The first-order valence-corrected chi connectivity index (χ1v) is 4.72. The van der Waals surface area contributed by atoms with E-state index in [2.05, 4.69) is 20.7 Å². The topological polar surface area (TPSA) is 26.3 Å². The van der Waals surface area contributed by atoms with Crippen molar-refractivity contribution in [2.24, 2.45) is 5.92 Å². The van der Waals surface area contributed by atoms with Crippen LogP contribution in [-0.4, -0.2) is 17.9 Å². The van der Waals surface area contributed by atoms with Gasteiger partial charge < -0.3 is 4.74 Å². The lowest BCUT2D eigenvalue weighted by atomic mass is 10.0. The maximum absolute atomic E-state index is 11.1. The Balaban J connectivity index is 2.77. The monoisotopic (exact) mass is 250 g/mol. The summed E-state index contributed by atoms with van der Waals surface area (Å²) in [7, 11) is 1.36. The average molecular weight is 252 g/mol. The Hall–Kier alpha value is -0.280. The summed E-state index contributed by atoms with van der Waals surface area (Å²) in [6.07, 6.45) is 5.25. The molecule has 2 nitrogen and oxygen atoms in total. The summed E-state index contributed by atoms with van der Waals surface area (Å²) < 4.78 is 4.60. The molecule has 66 valence electrons. The third-order valence-electron chi connectivity index (χ3n) is 1.59. The van der Waals surface area contributed by atoms with E-state index in [0.29, 0.717) is 5.03 Å². The van der Waals surface area contributed by atoms with Gasteiger partial charge >= 0.3 is 5.97 Å². The molecule has 1 rings (SSSR count). The van der Waals surface area contributed by atoms with Gasteiger partial charge in [-0.25, -0.2) is 0 Å². The molecule has 0 aromatic carbocycles. The normalized spacial score (nSPS) is 28.1. The number of esters is 1. The van der Waals surface area contributed by atoms with Crippen molar-refractivity contribution >= 4 is 33.5 Å². The van der Waals surface area contributed by atoms with E-state index in [4.69, 9.17) is 11.6 Å². The van der Waals surface area contributed by atoms with E-state index in [0.717, 1.165) is 0 Å². The summed E-state index contributed by atoms with van der Waals surface area (Å²) in [5, 5.41) is 0.570. The second-order valence-corrected chi connectivity index (χ2v) is 3.90. The summed E-state index contributed by atoms with van der Waals surface area (Å²) in [5.74, 6) is -0.591. The molecule has 0 aromatic heterocycles. The Morgan fingerprint density at radius 3 is 3.00 bits per heavy atom. The molecule has 0 fully saturated rings. The van der Waals surface area contributed by atoms with Crippen LogP contribution < -0.4 is 0 Å². The zero-order chi connectivity index (χ0) is 9.14. The smallest absolute Gasteiger partial charge is 0.314 e. The number of allylic oxidation sites excluding steroid dienone is 3. The first kappa shape index (κ1) is 9.81. The number of hydrogen-bond acceptors (Lipinski definition) is 2. The van der Waals surface area contributed by atoms with Gasteiger partial charge in [0.05, 0.1) is 13.0 Å². The molecule has 4 heteroatoms. The van der Waals surface area contributed by atoms with Crippen molar-refractivity contribution in [3.8, 4) is 0 Å². The van der Waals surface area contributed by atoms with Crippen molar-refractivity contribution in [2.75, 3.05) is 7.11 Å². The largest absolute Gasteiger partial charge is 0.469 e. The molecule has 1 aliphatic carbocycles. The van der Waals surface area contributed by atoms with Crippen LogP contribution in [0.2, 0.25) is 0 Å². The Labute approximate surface area is 84.4 Å². The Morgan fingerprint density at radius 2 is 2.42 bits per heavy atom. The predicted molar refractivity (Wildman–Crippen MR) is 51.3 cm³/mol. The van der Waals surface area contributed by atoms with Gasteiger partial charge in [0.2, 0.25) is 0 Å². The Morgan fingerprint density at radius 1 is 1.75 bits per heavy atom. The SMILES string of the molecule is COC(=O)C1C=C(Cl)C=CC1Br. The van der Waals surface area contributed by atoms with Crippen LogP contribution in [0.15, 0.2) is 23.3 Å². The molecule has 0 radical (unpaired) electrons. The molecule has 12 heavy (non-hydrogen) atoms. The molecular formula is C8H8BrClO2. The molecular weight excluding hydrogens is 243 g/mol. The molecule has 0 saturated carbocycles. The van der Waals surface area contributed by atoms with Gasteiger partial charge in [-0.15, -0.1) is 0 Å². The number of halogens is 2. The minimum atomic E-state index is -0.313. The summed E-state index contributed by atoms with van der Waals surface area (Å²) in [6, 6.07) is 0. The van der Waals surface area contributed by atoms with Gasteiger partial charge in [-0.2, -0.15) is 0 Å². The highest BCUT2D eigenvalue weighted by Crippen LogP contribution is 2.25. The summed E-state index contributed by atoms with van der Waals surface area (Å²) in [6.45, 7) is 0. The lowest BCUT2D eigenvalue weighted by molar-refractivity contribution is -0.143. The molecule has 0 bridgehead atoms. The zero-order valence-corrected chi connectivity index (χ0v) is 8.80. The van der Waals surface area contributed by atoms with Gasteiger partial charge in [0.25, 0.3) is 0 Å². The van der Waals surface area contributed by atoms with Crippen molar-refractivity contribution in [3.63, 3.8) is 0 Å². The molecule has 0 aliphatic heterocycles. The van der Waals surface area contributed by atoms with Crippen molar-refractivity contribution in [3.05, 3.63) is 23.3 Å². The number of carbonyl (C=O) groups is 1. The lowest BCUT2D eigenvalue weighted by Crippen LogP contribution is -2.23. The first-order chi connectivity index (χ1) is 5.65.